The second kappa shape index (κ2) is 8.33. The summed E-state index contributed by atoms with van der Waals surface area (Å²) in [4.78, 5) is 11.9. The molecule has 6 heteroatoms. The number of amides is 1. The largest absolute Gasteiger partial charge is 0.493 e. The molecule has 0 bridgehead atoms. The van der Waals surface area contributed by atoms with Crippen LogP contribution in [0.3, 0.4) is 0 Å². The molecule has 0 aromatic heterocycles. The number of methoxy groups -OCH3 is 2. The smallest absolute Gasteiger partial charge is 0.244 e. The third-order valence-electron chi connectivity index (χ3n) is 3.06. The quantitative estimate of drug-likeness (QED) is 0.622. The first-order valence-corrected chi connectivity index (χ1v) is 7.70. The second-order valence-corrected chi connectivity index (χ2v) is 5.63. The Morgan fingerprint density at radius 1 is 1.17 bits per heavy atom. The lowest BCUT2D eigenvalue weighted by Gasteiger charge is -2.09. The molecule has 2 aromatic rings. The van der Waals surface area contributed by atoms with E-state index in [0.29, 0.717) is 11.5 Å². The van der Waals surface area contributed by atoms with Gasteiger partial charge in [0, 0.05) is 4.47 Å². The van der Waals surface area contributed by atoms with E-state index in [2.05, 4.69) is 26.5 Å². The number of benzene rings is 2. The van der Waals surface area contributed by atoms with E-state index in [1.54, 1.807) is 32.6 Å². The van der Waals surface area contributed by atoms with Crippen LogP contribution in [-0.4, -0.2) is 26.3 Å². The molecule has 120 valence electrons. The summed E-state index contributed by atoms with van der Waals surface area (Å²) < 4.78 is 11.3. The van der Waals surface area contributed by atoms with E-state index < -0.39 is 0 Å². The van der Waals surface area contributed by atoms with Crippen LogP contribution >= 0.6 is 15.9 Å². The van der Waals surface area contributed by atoms with Gasteiger partial charge < -0.3 is 9.47 Å². The standard InChI is InChI=1S/C17H17BrN2O3/c1-22-15-7-6-12(9-16(15)23-2)10-17(21)20-19-11-13-4-3-5-14(18)8-13/h3-9,11H,10H2,1-2H3,(H,20,21)/b19-11-. The van der Waals surface area contributed by atoms with E-state index in [9.17, 15) is 4.79 Å². The average Bonchev–Trinajstić information content (AvgIpc) is 2.54. The Morgan fingerprint density at radius 2 is 1.96 bits per heavy atom. The lowest BCUT2D eigenvalue weighted by atomic mass is 10.1. The molecule has 0 atom stereocenters. The number of hydrogen-bond donors (Lipinski definition) is 1. The zero-order valence-electron chi connectivity index (χ0n) is 12.9. The van der Waals surface area contributed by atoms with Crippen molar-refractivity contribution in [3.05, 3.63) is 58.1 Å². The van der Waals surface area contributed by atoms with Gasteiger partial charge in [-0.3, -0.25) is 4.79 Å². The third-order valence-corrected chi connectivity index (χ3v) is 3.56. The molecule has 0 aliphatic heterocycles. The van der Waals surface area contributed by atoms with Gasteiger partial charge in [-0.25, -0.2) is 5.43 Å². The van der Waals surface area contributed by atoms with E-state index in [-0.39, 0.29) is 12.3 Å². The van der Waals surface area contributed by atoms with Crippen molar-refractivity contribution in [2.45, 2.75) is 6.42 Å². The Kier molecular flexibility index (Phi) is 6.17. The Balaban J connectivity index is 1.94. The maximum atomic E-state index is 11.9. The summed E-state index contributed by atoms with van der Waals surface area (Å²) in [6.07, 6.45) is 1.80. The van der Waals surface area contributed by atoms with Crippen LogP contribution in [0.2, 0.25) is 0 Å². The zero-order chi connectivity index (χ0) is 16.7. The lowest BCUT2D eigenvalue weighted by molar-refractivity contribution is -0.120. The molecule has 0 spiro atoms. The van der Waals surface area contributed by atoms with Gasteiger partial charge in [0.15, 0.2) is 11.5 Å². The number of nitrogens with one attached hydrogen (secondary N) is 1. The normalized spacial score (nSPS) is 10.6. The maximum Gasteiger partial charge on any atom is 0.244 e. The minimum Gasteiger partial charge on any atom is -0.493 e. The van der Waals surface area contributed by atoms with Crippen molar-refractivity contribution in [2.75, 3.05) is 14.2 Å². The number of hydrazone groups is 1. The van der Waals surface area contributed by atoms with Crippen molar-refractivity contribution >= 4 is 28.1 Å². The van der Waals surface area contributed by atoms with Gasteiger partial charge in [-0.05, 0) is 35.4 Å². The molecule has 0 unspecified atom stereocenters. The molecule has 0 radical (unpaired) electrons. The fraction of sp³-hybridized carbons (Fsp3) is 0.176. The second-order valence-electron chi connectivity index (χ2n) is 4.71. The Morgan fingerprint density at radius 3 is 2.65 bits per heavy atom. The van der Waals surface area contributed by atoms with Crippen molar-refractivity contribution in [1.82, 2.24) is 5.43 Å². The van der Waals surface area contributed by atoms with Gasteiger partial charge in [0.25, 0.3) is 0 Å². The van der Waals surface area contributed by atoms with Crippen LogP contribution in [0.15, 0.2) is 52.0 Å². The summed E-state index contributed by atoms with van der Waals surface area (Å²) in [7, 11) is 3.13. The van der Waals surface area contributed by atoms with Gasteiger partial charge in [0.05, 0.1) is 26.9 Å². The van der Waals surface area contributed by atoms with Gasteiger partial charge in [-0.1, -0.05) is 34.1 Å². The Hall–Kier alpha value is -2.34. The van der Waals surface area contributed by atoms with Gasteiger partial charge in [0.1, 0.15) is 0 Å². The Bertz CT molecular complexity index is 717. The SMILES string of the molecule is COc1ccc(CC(=O)N/N=C\c2cccc(Br)c2)cc1OC. The lowest BCUT2D eigenvalue weighted by Crippen LogP contribution is -2.19. The molecular formula is C17H17BrN2O3. The summed E-state index contributed by atoms with van der Waals surface area (Å²) in [5, 5.41) is 3.95. The maximum absolute atomic E-state index is 11.9. The van der Waals surface area contributed by atoms with E-state index >= 15 is 0 Å². The van der Waals surface area contributed by atoms with Gasteiger partial charge in [-0.15, -0.1) is 0 Å². The number of carbonyl (C=O) groups is 1. The van der Waals surface area contributed by atoms with Crippen molar-refractivity contribution in [2.24, 2.45) is 5.10 Å². The molecule has 0 heterocycles. The van der Waals surface area contributed by atoms with Crippen LogP contribution in [0.1, 0.15) is 11.1 Å². The molecule has 0 aliphatic carbocycles. The third kappa shape index (κ3) is 5.10. The summed E-state index contributed by atoms with van der Waals surface area (Å²) in [5.41, 5.74) is 4.22. The summed E-state index contributed by atoms with van der Waals surface area (Å²) in [5.74, 6) is 1.02. The van der Waals surface area contributed by atoms with E-state index in [1.165, 1.54) is 0 Å². The molecule has 2 rings (SSSR count). The van der Waals surface area contributed by atoms with Crippen LogP contribution in [0.25, 0.3) is 0 Å². The number of ether oxygens (including phenoxy) is 2. The van der Waals surface area contributed by atoms with Crippen LogP contribution in [0.4, 0.5) is 0 Å². The highest BCUT2D eigenvalue weighted by Crippen LogP contribution is 2.27. The zero-order valence-corrected chi connectivity index (χ0v) is 14.5. The minimum atomic E-state index is -0.205. The predicted octanol–water partition coefficient (Wildman–Crippen LogP) is 3.16. The van der Waals surface area contributed by atoms with E-state index in [4.69, 9.17) is 9.47 Å². The van der Waals surface area contributed by atoms with Crippen LogP contribution < -0.4 is 14.9 Å². The molecular weight excluding hydrogens is 360 g/mol. The average molecular weight is 377 g/mol. The number of nitrogens with zero attached hydrogens (tertiary/aromatic N) is 1. The highest BCUT2D eigenvalue weighted by molar-refractivity contribution is 9.10. The predicted molar refractivity (Wildman–Crippen MR) is 93.1 cm³/mol. The molecule has 0 saturated carbocycles. The molecule has 1 N–H and O–H groups in total. The summed E-state index contributed by atoms with van der Waals surface area (Å²) in [6, 6.07) is 13.0. The van der Waals surface area contributed by atoms with Gasteiger partial charge in [-0.2, -0.15) is 5.10 Å². The topological polar surface area (TPSA) is 59.9 Å². The first-order valence-electron chi connectivity index (χ1n) is 6.90. The van der Waals surface area contributed by atoms with Crippen LogP contribution in [-0.2, 0) is 11.2 Å². The Labute approximate surface area is 143 Å². The number of hydrogen-bond acceptors (Lipinski definition) is 4. The van der Waals surface area contributed by atoms with Crippen LogP contribution in [0, 0.1) is 0 Å². The van der Waals surface area contributed by atoms with Crippen molar-refractivity contribution in [3.63, 3.8) is 0 Å². The van der Waals surface area contributed by atoms with E-state index in [1.807, 2.05) is 30.3 Å². The fourth-order valence-corrected chi connectivity index (χ4v) is 2.40. The fourth-order valence-electron chi connectivity index (χ4n) is 1.98. The molecule has 0 saturated heterocycles. The van der Waals surface area contributed by atoms with Crippen molar-refractivity contribution < 1.29 is 14.3 Å². The molecule has 23 heavy (non-hydrogen) atoms. The monoisotopic (exact) mass is 376 g/mol. The summed E-state index contributed by atoms with van der Waals surface area (Å²) >= 11 is 3.38. The number of carbonyl (C=O) groups excluding carboxylic acids is 1. The number of rotatable bonds is 6. The first-order chi connectivity index (χ1) is 11.1. The highest BCUT2D eigenvalue weighted by Gasteiger charge is 2.07. The van der Waals surface area contributed by atoms with Crippen molar-refractivity contribution in [3.8, 4) is 11.5 Å². The summed E-state index contributed by atoms with van der Waals surface area (Å²) in [6.45, 7) is 0. The van der Waals surface area contributed by atoms with Crippen LogP contribution in [0.5, 0.6) is 11.5 Å². The molecule has 0 aliphatic rings. The minimum absolute atomic E-state index is 0.205. The van der Waals surface area contributed by atoms with Gasteiger partial charge in [0.2, 0.25) is 5.91 Å². The number of halogens is 1. The van der Waals surface area contributed by atoms with E-state index in [0.717, 1.165) is 15.6 Å². The highest BCUT2D eigenvalue weighted by atomic mass is 79.9. The molecule has 1 amide bonds. The molecule has 5 nitrogen and oxygen atoms in total. The first kappa shape index (κ1) is 17.0. The van der Waals surface area contributed by atoms with Gasteiger partial charge >= 0.3 is 0 Å². The molecule has 0 fully saturated rings. The van der Waals surface area contributed by atoms with Crippen molar-refractivity contribution in [1.29, 1.82) is 0 Å². The molecule has 2 aromatic carbocycles.